The van der Waals surface area contributed by atoms with Gasteiger partial charge in [-0.3, -0.25) is 0 Å². The zero-order chi connectivity index (χ0) is 6.95. The van der Waals surface area contributed by atoms with Crippen LogP contribution in [0.5, 0.6) is 0 Å². The van der Waals surface area contributed by atoms with Gasteiger partial charge < -0.3 is 10.8 Å². The van der Waals surface area contributed by atoms with Crippen LogP contribution in [0, 0.1) is 0 Å². The maximum absolute atomic E-state index is 8.39. The quantitative estimate of drug-likeness (QED) is 0.539. The van der Waals surface area contributed by atoms with E-state index in [1.807, 2.05) is 11.8 Å². The fraction of sp³-hybridized carbons (Fsp3) is 1.00. The van der Waals surface area contributed by atoms with Gasteiger partial charge in [0.2, 0.25) is 0 Å². The molecular weight excluding hydrogens is 134 g/mol. The van der Waals surface area contributed by atoms with Crippen LogP contribution in [0.15, 0.2) is 0 Å². The topological polar surface area (TPSA) is 46.2 Å². The van der Waals surface area contributed by atoms with Gasteiger partial charge in [0.15, 0.2) is 0 Å². The minimum atomic E-state index is 0.323. The smallest absolute Gasteiger partial charge is 0.0431 e. The summed E-state index contributed by atoms with van der Waals surface area (Å²) < 4.78 is 0. The van der Waals surface area contributed by atoms with E-state index in [9.17, 15) is 0 Å². The predicted molar refractivity (Wildman–Crippen MR) is 42.7 cm³/mol. The minimum absolute atomic E-state index is 0.323. The van der Waals surface area contributed by atoms with E-state index in [2.05, 4.69) is 0 Å². The molecule has 3 N–H and O–H groups in total. The lowest BCUT2D eigenvalue weighted by molar-refractivity contribution is 0.287. The molecule has 0 aromatic rings. The van der Waals surface area contributed by atoms with Crippen molar-refractivity contribution in [3.63, 3.8) is 0 Å². The van der Waals surface area contributed by atoms with Crippen LogP contribution in [-0.2, 0) is 0 Å². The Morgan fingerprint density at radius 1 is 1.22 bits per heavy atom. The van der Waals surface area contributed by atoms with E-state index in [-0.39, 0.29) is 0 Å². The molecule has 0 aliphatic rings. The summed E-state index contributed by atoms with van der Waals surface area (Å²) in [5.74, 6) is 2.18. The fourth-order valence-corrected chi connectivity index (χ4v) is 1.28. The second-order valence-corrected chi connectivity index (χ2v) is 3.06. The summed E-state index contributed by atoms with van der Waals surface area (Å²) in [6.45, 7) is 1.09. The molecule has 0 aliphatic heterocycles. The van der Waals surface area contributed by atoms with Gasteiger partial charge >= 0.3 is 0 Å². The third kappa shape index (κ3) is 8.27. The summed E-state index contributed by atoms with van der Waals surface area (Å²) in [6, 6.07) is 0. The van der Waals surface area contributed by atoms with Crippen LogP contribution in [0.4, 0.5) is 0 Å². The zero-order valence-corrected chi connectivity index (χ0v) is 6.49. The number of aliphatic hydroxyl groups is 1. The van der Waals surface area contributed by atoms with Gasteiger partial charge in [0.1, 0.15) is 0 Å². The lowest BCUT2D eigenvalue weighted by Gasteiger charge is -1.96. The van der Waals surface area contributed by atoms with Gasteiger partial charge in [-0.25, -0.2) is 0 Å². The molecule has 0 radical (unpaired) electrons. The number of unbranched alkanes of at least 4 members (excludes halogenated alkanes) is 1. The average molecular weight is 149 g/mol. The van der Waals surface area contributed by atoms with Gasteiger partial charge in [-0.1, -0.05) is 0 Å². The van der Waals surface area contributed by atoms with Crippen molar-refractivity contribution in [3.8, 4) is 0 Å². The summed E-state index contributed by atoms with van der Waals surface area (Å²) in [6.07, 6.45) is 2.04. The molecule has 2 nitrogen and oxygen atoms in total. The van der Waals surface area contributed by atoms with Crippen molar-refractivity contribution in [2.24, 2.45) is 5.73 Å². The van der Waals surface area contributed by atoms with E-state index in [1.54, 1.807) is 0 Å². The maximum atomic E-state index is 8.39. The van der Waals surface area contributed by atoms with Crippen molar-refractivity contribution in [1.82, 2.24) is 0 Å². The van der Waals surface area contributed by atoms with Crippen molar-refractivity contribution in [2.45, 2.75) is 12.8 Å². The van der Waals surface area contributed by atoms with Crippen LogP contribution in [0.2, 0.25) is 0 Å². The van der Waals surface area contributed by atoms with Crippen LogP contribution in [0.25, 0.3) is 0 Å². The van der Waals surface area contributed by atoms with E-state index < -0.39 is 0 Å². The van der Waals surface area contributed by atoms with Gasteiger partial charge in [0.05, 0.1) is 0 Å². The minimum Gasteiger partial charge on any atom is -0.396 e. The Morgan fingerprint density at radius 3 is 2.56 bits per heavy atom. The maximum Gasteiger partial charge on any atom is 0.0431 e. The van der Waals surface area contributed by atoms with Crippen LogP contribution in [-0.4, -0.2) is 29.8 Å². The van der Waals surface area contributed by atoms with Gasteiger partial charge in [-0.2, -0.15) is 11.8 Å². The average Bonchev–Trinajstić information content (AvgIpc) is 1.89. The van der Waals surface area contributed by atoms with E-state index in [1.165, 1.54) is 0 Å². The van der Waals surface area contributed by atoms with E-state index in [0.717, 1.165) is 30.9 Å². The fourth-order valence-electron chi connectivity index (χ4n) is 0.501. The molecule has 0 saturated heterocycles. The second-order valence-electron chi connectivity index (χ2n) is 1.83. The molecule has 0 aromatic carbocycles. The molecule has 0 atom stereocenters. The highest BCUT2D eigenvalue weighted by Crippen LogP contribution is 2.01. The highest BCUT2D eigenvalue weighted by atomic mass is 32.2. The first-order valence-corrected chi connectivity index (χ1v) is 4.46. The number of nitrogens with two attached hydrogens (primary N) is 1. The standard InChI is InChI=1S/C6H15NOS/c7-3-6-9-5-2-1-4-8/h8H,1-7H2. The predicted octanol–water partition coefficient (Wildman–Crippen LogP) is 0.451. The highest BCUT2D eigenvalue weighted by molar-refractivity contribution is 7.99. The summed E-state index contributed by atoms with van der Waals surface area (Å²) >= 11 is 1.86. The summed E-state index contributed by atoms with van der Waals surface area (Å²) in [4.78, 5) is 0. The number of aliphatic hydroxyl groups excluding tert-OH is 1. The third-order valence-electron chi connectivity index (χ3n) is 0.959. The lowest BCUT2D eigenvalue weighted by atomic mass is 10.4. The largest absolute Gasteiger partial charge is 0.396 e. The van der Waals surface area contributed by atoms with Crippen molar-refractivity contribution < 1.29 is 5.11 Å². The first kappa shape index (κ1) is 9.27. The molecule has 0 heterocycles. The van der Waals surface area contributed by atoms with E-state index in [4.69, 9.17) is 10.8 Å². The van der Waals surface area contributed by atoms with Gasteiger partial charge in [-0.15, -0.1) is 0 Å². The Labute approximate surface area is 60.8 Å². The normalized spacial score (nSPS) is 10.0. The Morgan fingerprint density at radius 2 is 2.00 bits per heavy atom. The molecule has 0 aliphatic carbocycles. The molecule has 0 fully saturated rings. The SMILES string of the molecule is NCCSCCCCO. The van der Waals surface area contributed by atoms with Gasteiger partial charge in [0.25, 0.3) is 0 Å². The number of hydrogen-bond acceptors (Lipinski definition) is 3. The lowest BCUT2D eigenvalue weighted by Crippen LogP contribution is -2.01. The first-order valence-electron chi connectivity index (χ1n) is 3.30. The Balaban J connectivity index is 2.60. The van der Waals surface area contributed by atoms with E-state index >= 15 is 0 Å². The number of thioether (sulfide) groups is 1. The molecule has 0 aromatic heterocycles. The van der Waals surface area contributed by atoms with Crippen LogP contribution in [0.1, 0.15) is 12.8 Å². The van der Waals surface area contributed by atoms with Crippen molar-refractivity contribution in [2.75, 3.05) is 24.7 Å². The van der Waals surface area contributed by atoms with Gasteiger partial charge in [-0.05, 0) is 18.6 Å². The molecule has 0 unspecified atom stereocenters. The second kappa shape index (κ2) is 8.27. The van der Waals surface area contributed by atoms with Crippen molar-refractivity contribution in [3.05, 3.63) is 0 Å². The molecule has 0 bridgehead atoms. The van der Waals surface area contributed by atoms with E-state index in [0.29, 0.717) is 6.61 Å². The number of rotatable bonds is 6. The molecule has 3 heteroatoms. The number of hydrogen-bond donors (Lipinski definition) is 2. The third-order valence-corrected chi connectivity index (χ3v) is 2.06. The summed E-state index contributed by atoms with van der Waals surface area (Å²) in [7, 11) is 0. The molecule has 9 heavy (non-hydrogen) atoms. The van der Waals surface area contributed by atoms with Crippen LogP contribution in [0.3, 0.4) is 0 Å². The Hall–Kier alpha value is 0.270. The summed E-state index contributed by atoms with van der Waals surface area (Å²) in [5.41, 5.74) is 5.27. The molecule has 56 valence electrons. The Kier molecular flexibility index (Phi) is 8.52. The molecule has 0 amide bonds. The molecule has 0 saturated carbocycles. The zero-order valence-electron chi connectivity index (χ0n) is 5.68. The highest BCUT2D eigenvalue weighted by Gasteiger charge is 1.86. The first-order chi connectivity index (χ1) is 4.41. The van der Waals surface area contributed by atoms with Crippen molar-refractivity contribution in [1.29, 1.82) is 0 Å². The molecule has 0 spiro atoms. The molecule has 0 rings (SSSR count). The van der Waals surface area contributed by atoms with Crippen LogP contribution < -0.4 is 5.73 Å². The molecular formula is C6H15NOS. The van der Waals surface area contributed by atoms with Crippen molar-refractivity contribution >= 4 is 11.8 Å². The Bertz CT molecular complexity index is 46.3. The summed E-state index contributed by atoms with van der Waals surface area (Å²) in [5, 5.41) is 8.39. The van der Waals surface area contributed by atoms with Gasteiger partial charge in [0, 0.05) is 18.9 Å². The van der Waals surface area contributed by atoms with Crippen LogP contribution >= 0.6 is 11.8 Å². The monoisotopic (exact) mass is 149 g/mol.